The molecule has 22 heavy (non-hydrogen) atoms. The summed E-state index contributed by atoms with van der Waals surface area (Å²) in [5, 5.41) is 4.19. The number of carbonyl (C=O) groups excluding carboxylic acids is 1. The molecule has 3 rings (SSSR count). The van der Waals surface area contributed by atoms with Gasteiger partial charge in [0.15, 0.2) is 0 Å². The fourth-order valence-corrected chi connectivity index (χ4v) is 4.15. The normalized spacial score (nSPS) is 20.0. The highest BCUT2D eigenvalue weighted by molar-refractivity contribution is 8.00. The topological polar surface area (TPSA) is 32.3 Å². The maximum absolute atomic E-state index is 12.3. The van der Waals surface area contributed by atoms with Crippen molar-refractivity contribution in [2.45, 2.75) is 24.2 Å². The molecule has 1 aromatic rings. The van der Waals surface area contributed by atoms with Crippen LogP contribution in [0.15, 0.2) is 29.2 Å². The highest BCUT2D eigenvalue weighted by Gasteiger charge is 2.37. The van der Waals surface area contributed by atoms with Crippen LogP contribution >= 0.6 is 35.8 Å². The van der Waals surface area contributed by atoms with Crippen LogP contribution in [0.5, 0.6) is 0 Å². The van der Waals surface area contributed by atoms with E-state index in [2.05, 4.69) is 5.32 Å². The van der Waals surface area contributed by atoms with E-state index in [1.165, 1.54) is 6.42 Å². The molecule has 2 heterocycles. The van der Waals surface area contributed by atoms with Gasteiger partial charge in [0, 0.05) is 29.6 Å². The lowest BCUT2D eigenvalue weighted by atomic mass is 9.78. The molecular weight excluding hydrogens is 339 g/mol. The van der Waals surface area contributed by atoms with Gasteiger partial charge in [-0.15, -0.1) is 24.2 Å². The van der Waals surface area contributed by atoms with Crippen molar-refractivity contribution in [1.29, 1.82) is 0 Å². The first-order valence-corrected chi connectivity index (χ1v) is 8.90. The van der Waals surface area contributed by atoms with Gasteiger partial charge in [0.05, 0.1) is 5.75 Å². The molecule has 1 aromatic carbocycles. The van der Waals surface area contributed by atoms with Crippen molar-refractivity contribution in [2.75, 3.05) is 31.9 Å². The van der Waals surface area contributed by atoms with Gasteiger partial charge in [-0.3, -0.25) is 4.79 Å². The number of hydrogen-bond acceptors (Lipinski definition) is 3. The van der Waals surface area contributed by atoms with Gasteiger partial charge in [-0.1, -0.05) is 11.6 Å². The van der Waals surface area contributed by atoms with Gasteiger partial charge in [-0.05, 0) is 55.5 Å². The Morgan fingerprint density at radius 3 is 2.50 bits per heavy atom. The molecule has 0 unspecified atom stereocenters. The Morgan fingerprint density at radius 1 is 1.23 bits per heavy atom. The van der Waals surface area contributed by atoms with Crippen molar-refractivity contribution in [1.82, 2.24) is 10.2 Å². The highest BCUT2D eigenvalue weighted by atomic mass is 35.5. The third kappa shape index (κ3) is 4.31. The van der Waals surface area contributed by atoms with Crippen molar-refractivity contribution >= 4 is 41.7 Å². The third-order valence-corrected chi connectivity index (χ3v) is 5.93. The number of amides is 1. The molecular formula is C16H22Cl2N2OS. The van der Waals surface area contributed by atoms with Crippen LogP contribution < -0.4 is 5.32 Å². The number of likely N-dealkylation sites (tertiary alicyclic amines) is 1. The van der Waals surface area contributed by atoms with E-state index >= 15 is 0 Å². The maximum Gasteiger partial charge on any atom is 0.232 e. The Bertz CT molecular complexity index is 493. The first-order valence-electron chi connectivity index (χ1n) is 7.54. The summed E-state index contributed by atoms with van der Waals surface area (Å²) in [5.74, 6) is 0.781. The van der Waals surface area contributed by atoms with Gasteiger partial charge in [-0.25, -0.2) is 0 Å². The monoisotopic (exact) mass is 360 g/mol. The van der Waals surface area contributed by atoms with Crippen LogP contribution in [0, 0.1) is 5.41 Å². The number of hydrogen-bond donors (Lipinski definition) is 1. The zero-order valence-electron chi connectivity index (χ0n) is 12.5. The first-order chi connectivity index (χ1) is 10.2. The van der Waals surface area contributed by atoms with Crippen molar-refractivity contribution < 1.29 is 4.79 Å². The summed E-state index contributed by atoms with van der Waals surface area (Å²) < 4.78 is 0. The second-order valence-corrected chi connectivity index (χ2v) is 7.54. The van der Waals surface area contributed by atoms with Gasteiger partial charge in [0.25, 0.3) is 0 Å². The molecule has 2 fully saturated rings. The largest absolute Gasteiger partial charge is 0.342 e. The first kappa shape index (κ1) is 17.9. The minimum atomic E-state index is 0. The number of carbonyl (C=O) groups is 1. The minimum absolute atomic E-state index is 0. The molecule has 6 heteroatoms. The Morgan fingerprint density at radius 2 is 1.91 bits per heavy atom. The molecule has 0 aromatic heterocycles. The number of halogens is 2. The molecule has 1 amide bonds. The van der Waals surface area contributed by atoms with Crippen molar-refractivity contribution in [2.24, 2.45) is 5.41 Å². The zero-order chi connectivity index (χ0) is 14.7. The Hall–Kier alpha value is -0.420. The van der Waals surface area contributed by atoms with E-state index in [0.717, 1.165) is 48.9 Å². The Balaban J connectivity index is 0.00000176. The number of rotatable bonds is 3. The van der Waals surface area contributed by atoms with E-state index < -0.39 is 0 Å². The molecule has 0 bridgehead atoms. The van der Waals surface area contributed by atoms with Crippen LogP contribution in [0.25, 0.3) is 0 Å². The van der Waals surface area contributed by atoms with E-state index in [0.29, 0.717) is 11.2 Å². The van der Waals surface area contributed by atoms with Crippen LogP contribution in [0.4, 0.5) is 0 Å². The maximum atomic E-state index is 12.3. The average molecular weight is 361 g/mol. The fraction of sp³-hybridized carbons (Fsp3) is 0.562. The van der Waals surface area contributed by atoms with Crippen LogP contribution in [-0.4, -0.2) is 42.7 Å². The highest BCUT2D eigenvalue weighted by Crippen LogP contribution is 2.37. The molecule has 0 radical (unpaired) electrons. The van der Waals surface area contributed by atoms with E-state index in [-0.39, 0.29) is 18.3 Å². The van der Waals surface area contributed by atoms with E-state index in [9.17, 15) is 4.79 Å². The number of thioether (sulfide) groups is 1. The number of nitrogens with one attached hydrogen (secondary N) is 1. The molecule has 2 aliphatic rings. The van der Waals surface area contributed by atoms with Crippen LogP contribution in [0.1, 0.15) is 19.3 Å². The van der Waals surface area contributed by atoms with Crippen molar-refractivity contribution in [3.63, 3.8) is 0 Å². The summed E-state index contributed by atoms with van der Waals surface area (Å²) in [4.78, 5) is 15.4. The van der Waals surface area contributed by atoms with E-state index in [1.54, 1.807) is 11.8 Å². The van der Waals surface area contributed by atoms with Gasteiger partial charge in [-0.2, -0.15) is 0 Å². The average Bonchev–Trinajstić information content (AvgIpc) is 2.95. The third-order valence-electron chi connectivity index (χ3n) is 4.68. The predicted molar refractivity (Wildman–Crippen MR) is 95.2 cm³/mol. The molecule has 0 aliphatic carbocycles. The summed E-state index contributed by atoms with van der Waals surface area (Å²) >= 11 is 7.46. The molecule has 1 N–H and O–H groups in total. The predicted octanol–water partition coefficient (Wildman–Crippen LogP) is 3.46. The smallest absolute Gasteiger partial charge is 0.232 e. The number of benzene rings is 1. The van der Waals surface area contributed by atoms with E-state index in [4.69, 9.17) is 11.6 Å². The van der Waals surface area contributed by atoms with Gasteiger partial charge < -0.3 is 10.2 Å². The van der Waals surface area contributed by atoms with Gasteiger partial charge >= 0.3 is 0 Å². The second kappa shape index (κ2) is 7.91. The second-order valence-electron chi connectivity index (χ2n) is 6.05. The molecule has 0 saturated carbocycles. The van der Waals surface area contributed by atoms with Gasteiger partial charge in [0.2, 0.25) is 5.91 Å². The molecule has 0 atom stereocenters. The minimum Gasteiger partial charge on any atom is -0.342 e. The van der Waals surface area contributed by atoms with Gasteiger partial charge in [0.1, 0.15) is 0 Å². The number of piperidine rings is 1. The van der Waals surface area contributed by atoms with Crippen LogP contribution in [-0.2, 0) is 4.79 Å². The molecule has 122 valence electrons. The summed E-state index contributed by atoms with van der Waals surface area (Å²) in [7, 11) is 0. The fourth-order valence-electron chi connectivity index (χ4n) is 3.22. The molecule has 1 spiro atoms. The lowest BCUT2D eigenvalue weighted by molar-refractivity contribution is -0.130. The lowest BCUT2D eigenvalue weighted by Gasteiger charge is -2.38. The lowest BCUT2D eigenvalue weighted by Crippen LogP contribution is -2.44. The Labute approximate surface area is 147 Å². The van der Waals surface area contributed by atoms with Crippen LogP contribution in [0.2, 0.25) is 5.02 Å². The molecule has 2 saturated heterocycles. The van der Waals surface area contributed by atoms with E-state index in [1.807, 2.05) is 29.2 Å². The number of nitrogens with zero attached hydrogens (tertiary/aromatic N) is 1. The summed E-state index contributed by atoms with van der Waals surface area (Å²) in [6, 6.07) is 7.67. The van der Waals surface area contributed by atoms with Crippen molar-refractivity contribution in [3.05, 3.63) is 29.3 Å². The van der Waals surface area contributed by atoms with Crippen molar-refractivity contribution in [3.8, 4) is 0 Å². The summed E-state index contributed by atoms with van der Waals surface area (Å²) in [6.45, 7) is 4.11. The SMILES string of the molecule is Cl.O=C(CSc1ccc(Cl)cc1)N1CCC2(CCNC2)CC1. The van der Waals surface area contributed by atoms with Crippen LogP contribution in [0.3, 0.4) is 0 Å². The quantitative estimate of drug-likeness (QED) is 0.837. The summed E-state index contributed by atoms with van der Waals surface area (Å²) in [5.41, 5.74) is 0.472. The zero-order valence-corrected chi connectivity index (χ0v) is 14.9. The Kier molecular flexibility index (Phi) is 6.45. The molecule has 2 aliphatic heterocycles. The standard InChI is InChI=1S/C16H21ClN2OS.ClH/c17-13-1-3-14(4-2-13)21-11-15(20)19-9-6-16(7-10-19)5-8-18-12-16;/h1-4,18H,5-12H2;1H. The molecule has 3 nitrogen and oxygen atoms in total. The summed E-state index contributed by atoms with van der Waals surface area (Å²) in [6.07, 6.45) is 3.57.